The average Bonchev–Trinajstić information content (AvgIpc) is 3.66. The van der Waals surface area contributed by atoms with Crippen LogP contribution in [0.2, 0.25) is 5.02 Å². The fourth-order valence-electron chi connectivity index (χ4n) is 4.96. The molecule has 0 spiro atoms. The molecule has 2 aromatic rings. The summed E-state index contributed by atoms with van der Waals surface area (Å²) in [7, 11) is 0. The number of amides is 1. The van der Waals surface area contributed by atoms with E-state index in [1.807, 2.05) is 0 Å². The van der Waals surface area contributed by atoms with E-state index < -0.39 is 36.2 Å². The van der Waals surface area contributed by atoms with Gasteiger partial charge in [0.05, 0.1) is 36.6 Å². The van der Waals surface area contributed by atoms with Gasteiger partial charge in [-0.2, -0.15) is 4.68 Å². The fraction of sp³-hybridized carbons (Fsp3) is 0.250. The Morgan fingerprint density at radius 3 is 2.87 bits per heavy atom. The SMILES string of the molecule is [2H][C@]12CC[C@@H](C3=N/C(=C4\C=CN(O)C(CO)=C4F)C=N3)N1C(=O)C=C(c1c(-n3cnnn3)ccc(Cl)c1F)C2. The zero-order valence-electron chi connectivity index (χ0n) is 20.5. The first-order valence-electron chi connectivity index (χ1n) is 12.0. The smallest absolute Gasteiger partial charge is 0.247 e. The molecule has 1 amide bonds. The van der Waals surface area contributed by atoms with Crippen LogP contribution in [0.3, 0.4) is 0 Å². The highest BCUT2D eigenvalue weighted by atomic mass is 35.5. The first-order valence-corrected chi connectivity index (χ1v) is 11.9. The molecule has 1 aromatic heterocycles. The fourth-order valence-corrected chi connectivity index (χ4v) is 5.12. The van der Waals surface area contributed by atoms with Crippen molar-refractivity contribution in [2.24, 2.45) is 9.98 Å². The number of benzene rings is 1. The number of carbonyl (C=O) groups is 1. The minimum atomic E-state index is -1.43. The van der Waals surface area contributed by atoms with Crippen LogP contribution in [0.4, 0.5) is 8.78 Å². The number of rotatable bonds is 4. The Morgan fingerprint density at radius 1 is 1.26 bits per heavy atom. The molecule has 5 heterocycles. The molecule has 1 saturated heterocycles. The van der Waals surface area contributed by atoms with Crippen LogP contribution in [-0.4, -0.2) is 77.1 Å². The summed E-state index contributed by atoms with van der Waals surface area (Å²) in [6.07, 6.45) is 6.95. The molecule has 0 unspecified atom stereocenters. The number of aliphatic imine (C=N–C) groups is 2. The van der Waals surface area contributed by atoms with Gasteiger partial charge in [-0.1, -0.05) is 11.6 Å². The second-order valence-corrected chi connectivity index (χ2v) is 9.20. The molecule has 0 bridgehead atoms. The summed E-state index contributed by atoms with van der Waals surface area (Å²) in [4.78, 5) is 23.5. The van der Waals surface area contributed by atoms with Crippen LogP contribution in [0, 0.1) is 5.82 Å². The van der Waals surface area contributed by atoms with Crippen molar-refractivity contribution >= 4 is 35.1 Å². The van der Waals surface area contributed by atoms with Gasteiger partial charge in [0.15, 0.2) is 17.5 Å². The summed E-state index contributed by atoms with van der Waals surface area (Å²) in [5.41, 5.74) is 0.394. The quantitative estimate of drug-likeness (QED) is 0.608. The van der Waals surface area contributed by atoms with Crippen LogP contribution in [0.1, 0.15) is 26.2 Å². The largest absolute Gasteiger partial charge is 0.390 e. The molecule has 4 aliphatic rings. The van der Waals surface area contributed by atoms with Gasteiger partial charge < -0.3 is 10.0 Å². The lowest BCUT2D eigenvalue weighted by Gasteiger charge is -2.33. The van der Waals surface area contributed by atoms with Crippen molar-refractivity contribution in [3.63, 3.8) is 0 Å². The van der Waals surface area contributed by atoms with Crippen molar-refractivity contribution in [3.05, 3.63) is 76.0 Å². The van der Waals surface area contributed by atoms with E-state index in [2.05, 4.69) is 25.5 Å². The molecule has 2 atom stereocenters. The number of nitrogens with zero attached hydrogens (tertiary/aromatic N) is 8. The molecule has 6 rings (SSSR count). The summed E-state index contributed by atoms with van der Waals surface area (Å²) < 4.78 is 40.6. The maximum atomic E-state index is 15.3. The van der Waals surface area contributed by atoms with Gasteiger partial charge in [0.2, 0.25) is 5.91 Å². The van der Waals surface area contributed by atoms with E-state index in [9.17, 15) is 19.5 Å². The molecule has 14 heteroatoms. The molecule has 4 aliphatic heterocycles. The lowest BCUT2D eigenvalue weighted by Crippen LogP contribution is -2.45. The second-order valence-electron chi connectivity index (χ2n) is 8.79. The van der Waals surface area contributed by atoms with E-state index in [0.29, 0.717) is 11.5 Å². The maximum absolute atomic E-state index is 15.3. The Morgan fingerprint density at radius 2 is 2.11 bits per heavy atom. The molecule has 11 nitrogen and oxygen atoms in total. The molecular formula is C24H19ClF2N8O3. The molecule has 194 valence electrons. The molecule has 2 N–H and O–H groups in total. The highest BCUT2D eigenvalue weighted by Gasteiger charge is 2.43. The van der Waals surface area contributed by atoms with E-state index in [1.165, 1.54) is 52.6 Å². The van der Waals surface area contributed by atoms with E-state index in [0.717, 1.165) is 0 Å². The third-order valence-electron chi connectivity index (χ3n) is 6.70. The first-order chi connectivity index (χ1) is 18.7. The number of hydroxylamine groups is 2. The van der Waals surface area contributed by atoms with Gasteiger partial charge in [-0.3, -0.25) is 10.0 Å². The van der Waals surface area contributed by atoms with E-state index in [4.69, 9.17) is 13.0 Å². The van der Waals surface area contributed by atoms with Crippen LogP contribution < -0.4 is 0 Å². The summed E-state index contributed by atoms with van der Waals surface area (Å²) in [5, 5.41) is 30.4. The van der Waals surface area contributed by atoms with Crippen LogP contribution in [-0.2, 0) is 4.79 Å². The summed E-state index contributed by atoms with van der Waals surface area (Å²) in [6, 6.07) is 0.798. The number of tetrazole rings is 1. The molecular weight excluding hydrogens is 522 g/mol. The number of aliphatic hydroxyl groups excluding tert-OH is 1. The summed E-state index contributed by atoms with van der Waals surface area (Å²) >= 11 is 6.07. The molecule has 0 radical (unpaired) electrons. The Labute approximate surface area is 220 Å². The van der Waals surface area contributed by atoms with Crippen molar-refractivity contribution in [1.82, 2.24) is 30.2 Å². The number of hydrogen-bond acceptors (Lipinski definition) is 9. The normalized spacial score (nSPS) is 27.2. The van der Waals surface area contributed by atoms with Crippen molar-refractivity contribution in [1.29, 1.82) is 0 Å². The topological polar surface area (TPSA) is 132 Å². The van der Waals surface area contributed by atoms with Crippen LogP contribution in [0.25, 0.3) is 11.3 Å². The van der Waals surface area contributed by atoms with Gasteiger partial charge in [0, 0.05) is 29.4 Å². The standard InChI is InChI=1S/C24H19ClF2N8O3/c25-15-2-4-17(33-11-29-31-32-33)21(23(15)27)12-7-13-1-3-18(35(13)20(37)8-12)24-28-9-16(30-24)14-5-6-34(38)19(10-36)22(14)26/h2,4-6,8-9,11,13,18,36,38H,1,3,7,10H2/b16-14+/t13-,18+/m1/s1/i13D. The number of carbonyl (C=O) groups excluding carboxylic acids is 1. The van der Waals surface area contributed by atoms with Crippen molar-refractivity contribution in [2.75, 3.05) is 6.61 Å². The van der Waals surface area contributed by atoms with Gasteiger partial charge in [-0.25, -0.2) is 23.8 Å². The van der Waals surface area contributed by atoms with Gasteiger partial charge in [0.1, 0.15) is 12.0 Å². The number of hydrogen-bond donors (Lipinski definition) is 2. The zero-order valence-corrected chi connectivity index (χ0v) is 20.2. The monoisotopic (exact) mass is 541 g/mol. The molecule has 0 aliphatic carbocycles. The molecule has 0 saturated carbocycles. The van der Waals surface area contributed by atoms with Crippen LogP contribution in [0.15, 0.2) is 69.6 Å². The lowest BCUT2D eigenvalue weighted by molar-refractivity contribution is -0.128. The summed E-state index contributed by atoms with van der Waals surface area (Å²) in [6.45, 7) is -0.736. The van der Waals surface area contributed by atoms with Gasteiger partial charge in [0.25, 0.3) is 0 Å². The number of allylic oxidation sites excluding steroid dienone is 4. The Hall–Kier alpha value is -4.07. The molecule has 1 fully saturated rings. The van der Waals surface area contributed by atoms with Gasteiger partial charge in [-0.15, -0.1) is 5.10 Å². The second kappa shape index (κ2) is 9.35. The van der Waals surface area contributed by atoms with Crippen molar-refractivity contribution in [2.45, 2.75) is 31.3 Å². The average molecular weight is 542 g/mol. The third-order valence-corrected chi connectivity index (χ3v) is 7.00. The zero-order chi connectivity index (χ0) is 27.5. The van der Waals surface area contributed by atoms with Crippen LogP contribution in [0.5, 0.6) is 0 Å². The number of aliphatic hydroxyl groups is 1. The number of fused-ring (bicyclic) bond motifs is 1. The predicted molar refractivity (Wildman–Crippen MR) is 131 cm³/mol. The molecule has 1 aromatic carbocycles. The van der Waals surface area contributed by atoms with E-state index in [-0.39, 0.29) is 57.5 Å². The third kappa shape index (κ3) is 3.86. The Balaban J connectivity index is 1.36. The lowest BCUT2D eigenvalue weighted by atomic mass is 9.92. The highest BCUT2D eigenvalue weighted by Crippen LogP contribution is 2.41. The van der Waals surface area contributed by atoms with Crippen molar-refractivity contribution < 1.29 is 25.3 Å². The minimum absolute atomic E-state index is 0.00112. The number of amidine groups is 1. The van der Waals surface area contributed by atoms with Crippen molar-refractivity contribution in [3.8, 4) is 5.69 Å². The molecule has 38 heavy (non-hydrogen) atoms. The number of halogens is 3. The maximum Gasteiger partial charge on any atom is 0.247 e. The summed E-state index contributed by atoms with van der Waals surface area (Å²) in [5.74, 6) is -1.93. The highest BCUT2D eigenvalue weighted by molar-refractivity contribution is 6.31. The first kappa shape index (κ1) is 23.1. The van der Waals surface area contributed by atoms with E-state index >= 15 is 4.39 Å². The minimum Gasteiger partial charge on any atom is -0.390 e. The van der Waals surface area contributed by atoms with Gasteiger partial charge >= 0.3 is 0 Å². The van der Waals surface area contributed by atoms with E-state index in [1.54, 1.807) is 0 Å². The number of aromatic nitrogens is 4. The predicted octanol–water partition coefficient (Wildman–Crippen LogP) is 2.73. The van der Waals surface area contributed by atoms with Gasteiger partial charge in [-0.05, 0) is 53.5 Å². The Bertz CT molecular complexity index is 1590. The van der Waals surface area contributed by atoms with Crippen LogP contribution >= 0.6 is 11.6 Å². The Kier molecular flexibility index (Phi) is 5.68.